The van der Waals surface area contributed by atoms with Crippen LogP contribution in [0.3, 0.4) is 0 Å². The summed E-state index contributed by atoms with van der Waals surface area (Å²) in [6.45, 7) is 4.03. The van der Waals surface area contributed by atoms with Crippen molar-refractivity contribution in [1.82, 2.24) is 15.4 Å². The van der Waals surface area contributed by atoms with Crippen molar-refractivity contribution in [2.45, 2.75) is 32.6 Å². The summed E-state index contributed by atoms with van der Waals surface area (Å²) in [7, 11) is 1.56. The minimum absolute atomic E-state index is 0.0765. The summed E-state index contributed by atoms with van der Waals surface area (Å²) in [4.78, 5) is 32.6. The van der Waals surface area contributed by atoms with Crippen LogP contribution in [0.2, 0.25) is 0 Å². The second-order valence-electron chi connectivity index (χ2n) is 8.27. The van der Waals surface area contributed by atoms with E-state index in [4.69, 9.17) is 4.84 Å². The lowest BCUT2D eigenvalue weighted by Crippen LogP contribution is -2.42. The molecule has 9 heteroatoms. The molecule has 1 aliphatic rings. The molecule has 3 N–H and O–H groups in total. The van der Waals surface area contributed by atoms with Crippen molar-refractivity contribution in [3.8, 4) is 0 Å². The van der Waals surface area contributed by atoms with E-state index in [-0.39, 0.29) is 11.1 Å². The van der Waals surface area contributed by atoms with E-state index >= 15 is 0 Å². The van der Waals surface area contributed by atoms with Gasteiger partial charge in [-0.05, 0) is 74.4 Å². The van der Waals surface area contributed by atoms with Gasteiger partial charge in [-0.2, -0.15) is 0 Å². The van der Waals surface area contributed by atoms with Gasteiger partial charge in [0.2, 0.25) is 6.41 Å². The fraction of sp³-hybridized carbons (Fsp3) is 0.435. The summed E-state index contributed by atoms with van der Waals surface area (Å²) in [5, 5.41) is 9.85. The van der Waals surface area contributed by atoms with Crippen molar-refractivity contribution in [3.05, 3.63) is 53.6 Å². The number of hydroxylamine groups is 2. The molecule has 172 valence electrons. The summed E-state index contributed by atoms with van der Waals surface area (Å²) in [6, 6.07) is 7.78. The maximum absolute atomic E-state index is 14.4. The van der Waals surface area contributed by atoms with Gasteiger partial charge in [-0.3, -0.25) is 14.6 Å². The van der Waals surface area contributed by atoms with Gasteiger partial charge in [0.15, 0.2) is 0 Å². The molecule has 1 saturated heterocycles. The summed E-state index contributed by atoms with van der Waals surface area (Å²) in [5.41, 5.74) is 2.33. The van der Waals surface area contributed by atoms with Crippen LogP contribution < -0.4 is 16.0 Å². The lowest BCUT2D eigenvalue weighted by Gasteiger charge is -2.38. The van der Waals surface area contributed by atoms with Gasteiger partial charge in [0.1, 0.15) is 5.82 Å². The summed E-state index contributed by atoms with van der Waals surface area (Å²) in [6.07, 6.45) is 5.65. The zero-order valence-electron chi connectivity index (χ0n) is 18.5. The number of carbonyl (C=O) groups excluding carboxylic acids is 2. The molecule has 1 aromatic carbocycles. The van der Waals surface area contributed by atoms with Crippen molar-refractivity contribution >= 4 is 23.8 Å². The van der Waals surface area contributed by atoms with Crippen LogP contribution in [0.5, 0.6) is 0 Å². The van der Waals surface area contributed by atoms with Gasteiger partial charge in [0.25, 0.3) is 0 Å². The Morgan fingerprint density at radius 1 is 1.34 bits per heavy atom. The Morgan fingerprint density at radius 3 is 2.88 bits per heavy atom. The number of rotatable bonds is 9. The number of hydrogen-bond donors (Lipinski definition) is 3. The second kappa shape index (κ2) is 11.0. The first-order chi connectivity index (χ1) is 15.4. The Hall–Kier alpha value is -3.04. The molecule has 0 aliphatic carbocycles. The van der Waals surface area contributed by atoms with Crippen LogP contribution in [0.4, 0.5) is 20.6 Å². The highest BCUT2D eigenvalue weighted by Gasteiger charge is 2.32. The number of piperidine rings is 1. The molecule has 1 fully saturated rings. The van der Waals surface area contributed by atoms with Crippen molar-refractivity contribution in [1.29, 1.82) is 0 Å². The number of pyridine rings is 1. The second-order valence-corrected chi connectivity index (χ2v) is 8.27. The van der Waals surface area contributed by atoms with Gasteiger partial charge in [-0.25, -0.2) is 14.2 Å². The van der Waals surface area contributed by atoms with Crippen molar-refractivity contribution in [3.63, 3.8) is 0 Å². The van der Waals surface area contributed by atoms with Gasteiger partial charge >= 0.3 is 6.03 Å². The van der Waals surface area contributed by atoms with Crippen LogP contribution >= 0.6 is 0 Å². The first-order valence-corrected chi connectivity index (χ1v) is 10.7. The van der Waals surface area contributed by atoms with Gasteiger partial charge in [-0.1, -0.05) is 6.07 Å². The SMILES string of the molecule is Cc1ccc(NC(=O)Nc2cc(C[C@]3(CCON(C)C=O)CCCNC3)ccc2F)cn1. The number of carbonyl (C=O) groups is 2. The number of benzene rings is 1. The zero-order valence-corrected chi connectivity index (χ0v) is 18.5. The summed E-state index contributed by atoms with van der Waals surface area (Å²) < 4.78 is 14.4. The molecule has 8 nitrogen and oxygen atoms in total. The number of aromatic nitrogens is 1. The van der Waals surface area contributed by atoms with Crippen LogP contribution in [0.15, 0.2) is 36.5 Å². The van der Waals surface area contributed by atoms with E-state index in [0.717, 1.165) is 48.7 Å². The van der Waals surface area contributed by atoms with Gasteiger partial charge in [0.05, 0.1) is 24.2 Å². The van der Waals surface area contributed by atoms with E-state index in [9.17, 15) is 14.0 Å². The molecule has 32 heavy (non-hydrogen) atoms. The molecule has 0 bridgehead atoms. The Bertz CT molecular complexity index is 916. The average molecular weight is 444 g/mol. The highest BCUT2D eigenvalue weighted by molar-refractivity contribution is 5.99. The number of urea groups is 1. The van der Waals surface area contributed by atoms with E-state index in [1.807, 2.05) is 6.92 Å². The van der Waals surface area contributed by atoms with Gasteiger partial charge < -0.3 is 16.0 Å². The molecule has 1 aromatic heterocycles. The molecule has 0 saturated carbocycles. The number of aryl methyl sites for hydroxylation is 1. The fourth-order valence-electron chi connectivity index (χ4n) is 3.96. The predicted molar refractivity (Wildman–Crippen MR) is 121 cm³/mol. The first-order valence-electron chi connectivity index (χ1n) is 10.7. The first kappa shape index (κ1) is 23.6. The average Bonchev–Trinajstić information content (AvgIpc) is 2.78. The molecule has 1 atom stereocenters. The molecule has 3 amide bonds. The lowest BCUT2D eigenvalue weighted by molar-refractivity contribution is -0.166. The van der Waals surface area contributed by atoms with Crippen LogP contribution in [-0.2, 0) is 16.1 Å². The predicted octanol–water partition coefficient (Wildman–Crippen LogP) is 3.50. The quantitative estimate of drug-likeness (QED) is 0.407. The smallest absolute Gasteiger partial charge is 0.316 e. The number of halogens is 1. The van der Waals surface area contributed by atoms with E-state index in [2.05, 4.69) is 20.9 Å². The fourth-order valence-corrected chi connectivity index (χ4v) is 3.96. The molecule has 2 heterocycles. The van der Waals surface area contributed by atoms with E-state index in [1.165, 1.54) is 6.07 Å². The summed E-state index contributed by atoms with van der Waals surface area (Å²) >= 11 is 0. The highest BCUT2D eigenvalue weighted by atomic mass is 19.1. The largest absolute Gasteiger partial charge is 0.323 e. The van der Waals surface area contributed by atoms with Crippen LogP contribution in [0, 0.1) is 18.2 Å². The minimum atomic E-state index is -0.536. The van der Waals surface area contributed by atoms with Gasteiger partial charge in [-0.15, -0.1) is 0 Å². The molecular weight excluding hydrogens is 413 g/mol. The van der Waals surface area contributed by atoms with Crippen LogP contribution in [0.25, 0.3) is 0 Å². The third kappa shape index (κ3) is 6.73. The van der Waals surface area contributed by atoms with Gasteiger partial charge in [0, 0.05) is 19.3 Å². The van der Waals surface area contributed by atoms with Crippen molar-refractivity contribution in [2.75, 3.05) is 37.4 Å². The van der Waals surface area contributed by atoms with E-state index in [1.54, 1.807) is 37.5 Å². The maximum atomic E-state index is 14.4. The third-order valence-corrected chi connectivity index (χ3v) is 5.66. The molecule has 0 radical (unpaired) electrons. The Balaban J connectivity index is 1.67. The summed E-state index contributed by atoms with van der Waals surface area (Å²) in [5.74, 6) is -0.502. The lowest BCUT2D eigenvalue weighted by atomic mass is 9.73. The molecular formula is C23H30FN5O3. The Labute approximate surface area is 187 Å². The molecule has 0 spiro atoms. The van der Waals surface area contributed by atoms with Crippen molar-refractivity contribution < 1.29 is 18.8 Å². The maximum Gasteiger partial charge on any atom is 0.323 e. The van der Waals surface area contributed by atoms with Crippen LogP contribution in [-0.4, -0.2) is 49.2 Å². The minimum Gasteiger partial charge on any atom is -0.316 e. The standard InChI is InChI=1S/C23H30FN5O3/c1-17-4-6-19(14-26-17)27-22(31)28-21-12-18(5-7-20(21)24)13-23(8-3-10-25-15-23)9-11-32-29(2)16-30/h4-7,12,14,16,25H,3,8-11,13,15H2,1-2H3,(H2,27,28,31)/t23-/m1/s1. The molecule has 3 rings (SSSR count). The number of anilines is 2. The third-order valence-electron chi connectivity index (χ3n) is 5.66. The zero-order chi connectivity index (χ0) is 23.0. The molecule has 2 aromatic rings. The highest BCUT2D eigenvalue weighted by Crippen LogP contribution is 2.35. The van der Waals surface area contributed by atoms with Crippen molar-refractivity contribution in [2.24, 2.45) is 5.41 Å². The van der Waals surface area contributed by atoms with E-state index < -0.39 is 11.8 Å². The number of nitrogens with one attached hydrogen (secondary N) is 3. The topological polar surface area (TPSA) is 95.6 Å². The van der Waals surface area contributed by atoms with E-state index in [0.29, 0.717) is 25.1 Å². The monoisotopic (exact) mass is 443 g/mol. The molecule has 0 unspecified atom stereocenters. The number of nitrogens with zero attached hydrogens (tertiary/aromatic N) is 2. The Morgan fingerprint density at radius 2 is 2.19 bits per heavy atom. The van der Waals surface area contributed by atoms with Crippen LogP contribution in [0.1, 0.15) is 30.5 Å². The number of hydrogen-bond acceptors (Lipinski definition) is 5. The Kier molecular flexibility index (Phi) is 8.13. The molecule has 1 aliphatic heterocycles. The normalized spacial score (nSPS) is 18.1. The number of amides is 3.